The van der Waals surface area contributed by atoms with E-state index in [-0.39, 0.29) is 5.56 Å². The molecule has 0 aliphatic rings. The summed E-state index contributed by atoms with van der Waals surface area (Å²) in [5, 5.41) is 7.47. The van der Waals surface area contributed by atoms with Gasteiger partial charge in [-0.25, -0.2) is 9.48 Å². The van der Waals surface area contributed by atoms with E-state index in [9.17, 15) is 4.79 Å². The molecular weight excluding hydrogens is 327 g/mol. The van der Waals surface area contributed by atoms with Gasteiger partial charge in [0.05, 0.1) is 29.8 Å². The molecule has 0 fully saturated rings. The van der Waals surface area contributed by atoms with Crippen molar-refractivity contribution in [3.63, 3.8) is 0 Å². The van der Waals surface area contributed by atoms with E-state index < -0.39 is 15.9 Å². The van der Waals surface area contributed by atoms with Gasteiger partial charge in [0.1, 0.15) is 6.10 Å². The molecule has 2 rings (SSSR count). The van der Waals surface area contributed by atoms with Crippen LogP contribution in [0.3, 0.4) is 0 Å². The van der Waals surface area contributed by atoms with E-state index in [2.05, 4.69) is 15.3 Å². The van der Waals surface area contributed by atoms with Crippen LogP contribution in [0, 0.1) is 0 Å². The first kappa shape index (κ1) is 15.0. The van der Waals surface area contributed by atoms with E-state index >= 15 is 0 Å². The molecule has 2 heterocycles. The number of pyridine rings is 1. The zero-order valence-electron chi connectivity index (χ0n) is 10.2. The van der Waals surface area contributed by atoms with Crippen LogP contribution in [0.4, 0.5) is 0 Å². The normalized spacial score (nSPS) is 13.0. The number of esters is 1. The molecule has 0 saturated carbocycles. The minimum Gasteiger partial charge on any atom is -0.454 e. The molecular formula is C11H9Cl3N4O2. The van der Waals surface area contributed by atoms with Gasteiger partial charge < -0.3 is 4.74 Å². The number of halogens is 3. The molecule has 0 aliphatic heterocycles. The smallest absolute Gasteiger partial charge is 0.340 e. The highest BCUT2D eigenvalue weighted by Crippen LogP contribution is 2.32. The SMILES string of the molecule is CC(OC(=O)c1cncc(-n2ccnn2)c1)C(Cl)(Cl)Cl. The molecule has 2 aromatic heterocycles. The molecule has 0 spiro atoms. The molecule has 0 aromatic carbocycles. The van der Waals surface area contributed by atoms with E-state index in [1.165, 1.54) is 30.2 Å². The zero-order valence-corrected chi connectivity index (χ0v) is 12.5. The number of hydrogen-bond acceptors (Lipinski definition) is 5. The fourth-order valence-electron chi connectivity index (χ4n) is 1.31. The molecule has 0 bridgehead atoms. The predicted molar refractivity (Wildman–Crippen MR) is 74.3 cm³/mol. The Balaban J connectivity index is 2.17. The van der Waals surface area contributed by atoms with Gasteiger partial charge in [-0.05, 0) is 13.0 Å². The highest BCUT2D eigenvalue weighted by atomic mass is 35.6. The average molecular weight is 336 g/mol. The summed E-state index contributed by atoms with van der Waals surface area (Å²) in [5.74, 6) is -0.640. The van der Waals surface area contributed by atoms with Crippen molar-refractivity contribution >= 4 is 40.8 Å². The minimum absolute atomic E-state index is 0.221. The minimum atomic E-state index is -1.69. The van der Waals surface area contributed by atoms with Crippen molar-refractivity contribution in [1.29, 1.82) is 0 Å². The molecule has 6 nitrogen and oxygen atoms in total. The van der Waals surface area contributed by atoms with Crippen LogP contribution in [-0.4, -0.2) is 35.8 Å². The maximum absolute atomic E-state index is 11.9. The number of nitrogens with zero attached hydrogens (tertiary/aromatic N) is 4. The second-order valence-corrected chi connectivity index (χ2v) is 6.24. The van der Waals surface area contributed by atoms with Crippen molar-refractivity contribution in [2.24, 2.45) is 0 Å². The van der Waals surface area contributed by atoms with Gasteiger partial charge >= 0.3 is 5.97 Å². The fraction of sp³-hybridized carbons (Fsp3) is 0.273. The van der Waals surface area contributed by atoms with E-state index in [0.717, 1.165) is 0 Å². The third-order valence-electron chi connectivity index (χ3n) is 2.39. The first-order chi connectivity index (χ1) is 9.38. The Morgan fingerprint density at radius 2 is 2.15 bits per heavy atom. The third kappa shape index (κ3) is 3.59. The van der Waals surface area contributed by atoms with E-state index in [0.29, 0.717) is 5.69 Å². The highest BCUT2D eigenvalue weighted by molar-refractivity contribution is 6.68. The van der Waals surface area contributed by atoms with Gasteiger partial charge in [-0.15, -0.1) is 5.10 Å². The Morgan fingerprint density at radius 3 is 2.75 bits per heavy atom. The number of hydrogen-bond donors (Lipinski definition) is 0. The van der Waals surface area contributed by atoms with Crippen molar-refractivity contribution in [2.45, 2.75) is 16.8 Å². The van der Waals surface area contributed by atoms with Gasteiger partial charge in [0.15, 0.2) is 0 Å². The molecule has 1 unspecified atom stereocenters. The zero-order chi connectivity index (χ0) is 14.8. The number of rotatable bonds is 3. The standard InChI is InChI=1S/C11H9Cl3N4O2/c1-7(11(12,13)14)20-10(19)8-4-9(6-15-5-8)18-3-2-16-17-18/h2-7H,1H3. The Morgan fingerprint density at radius 1 is 1.40 bits per heavy atom. The Hall–Kier alpha value is -1.37. The van der Waals surface area contributed by atoms with Crippen molar-refractivity contribution in [3.8, 4) is 5.69 Å². The topological polar surface area (TPSA) is 69.9 Å². The van der Waals surface area contributed by atoms with Crippen LogP contribution in [0.25, 0.3) is 5.69 Å². The monoisotopic (exact) mass is 334 g/mol. The summed E-state index contributed by atoms with van der Waals surface area (Å²) in [6.45, 7) is 1.49. The third-order valence-corrected chi connectivity index (χ3v) is 3.31. The molecule has 9 heteroatoms. The molecule has 0 aliphatic carbocycles. The molecule has 0 radical (unpaired) electrons. The van der Waals surface area contributed by atoms with Crippen LogP contribution in [0.1, 0.15) is 17.3 Å². The number of aromatic nitrogens is 4. The van der Waals surface area contributed by atoms with Gasteiger partial charge in [0.25, 0.3) is 0 Å². The second kappa shape index (κ2) is 5.95. The van der Waals surface area contributed by atoms with Crippen LogP contribution in [0.15, 0.2) is 30.9 Å². The second-order valence-electron chi connectivity index (χ2n) is 3.87. The van der Waals surface area contributed by atoms with Gasteiger partial charge in [-0.2, -0.15) is 0 Å². The molecule has 0 saturated heterocycles. The number of carbonyl (C=O) groups is 1. The predicted octanol–water partition coefficient (Wildman–Crippen LogP) is 2.58. The molecule has 106 valence electrons. The lowest BCUT2D eigenvalue weighted by Crippen LogP contribution is -2.28. The van der Waals surface area contributed by atoms with E-state index in [1.54, 1.807) is 12.3 Å². The lowest BCUT2D eigenvalue weighted by Gasteiger charge is -2.20. The lowest BCUT2D eigenvalue weighted by atomic mass is 10.2. The maximum atomic E-state index is 11.9. The Labute approximate surface area is 129 Å². The molecule has 20 heavy (non-hydrogen) atoms. The summed E-state index contributed by atoms with van der Waals surface area (Å²) in [7, 11) is 0. The quantitative estimate of drug-likeness (QED) is 0.637. The van der Waals surface area contributed by atoms with Crippen molar-refractivity contribution in [1.82, 2.24) is 20.0 Å². The largest absolute Gasteiger partial charge is 0.454 e. The Kier molecular flexibility index (Phi) is 4.47. The summed E-state index contributed by atoms with van der Waals surface area (Å²) in [6, 6.07) is 1.55. The fourth-order valence-corrected chi connectivity index (χ4v) is 1.44. The number of carbonyl (C=O) groups excluding carboxylic acids is 1. The number of ether oxygens (including phenoxy) is 1. The van der Waals surface area contributed by atoms with Crippen LogP contribution >= 0.6 is 34.8 Å². The highest BCUT2D eigenvalue weighted by Gasteiger charge is 2.32. The van der Waals surface area contributed by atoms with Crippen molar-refractivity contribution in [2.75, 3.05) is 0 Å². The average Bonchev–Trinajstić information content (AvgIpc) is 2.91. The van der Waals surface area contributed by atoms with Gasteiger partial charge in [-0.1, -0.05) is 40.0 Å². The summed E-state index contributed by atoms with van der Waals surface area (Å²) >= 11 is 16.9. The maximum Gasteiger partial charge on any atom is 0.340 e. The van der Waals surface area contributed by atoms with Crippen LogP contribution < -0.4 is 0 Å². The summed E-state index contributed by atoms with van der Waals surface area (Å²) in [6.07, 6.45) is 5.12. The molecule has 0 N–H and O–H groups in total. The van der Waals surface area contributed by atoms with Crippen molar-refractivity contribution < 1.29 is 9.53 Å². The molecule has 1 atom stereocenters. The van der Waals surface area contributed by atoms with E-state index in [4.69, 9.17) is 39.5 Å². The van der Waals surface area contributed by atoms with Gasteiger partial charge in [0, 0.05) is 6.20 Å². The molecule has 2 aromatic rings. The van der Waals surface area contributed by atoms with Crippen molar-refractivity contribution in [3.05, 3.63) is 36.4 Å². The van der Waals surface area contributed by atoms with Crippen LogP contribution in [-0.2, 0) is 4.74 Å². The first-order valence-electron chi connectivity index (χ1n) is 5.47. The molecule has 0 amide bonds. The number of alkyl halides is 3. The van der Waals surface area contributed by atoms with E-state index in [1.807, 2.05) is 0 Å². The summed E-state index contributed by atoms with van der Waals surface area (Å²) < 4.78 is 4.83. The summed E-state index contributed by atoms with van der Waals surface area (Å²) in [5.41, 5.74) is 0.789. The van der Waals surface area contributed by atoms with Gasteiger partial charge in [-0.3, -0.25) is 4.98 Å². The van der Waals surface area contributed by atoms with Gasteiger partial charge in [0.2, 0.25) is 3.79 Å². The van der Waals surface area contributed by atoms with Crippen LogP contribution in [0.2, 0.25) is 0 Å². The summed E-state index contributed by atoms with van der Waals surface area (Å²) in [4.78, 5) is 15.9. The first-order valence-corrected chi connectivity index (χ1v) is 6.61. The van der Waals surface area contributed by atoms with Crippen LogP contribution in [0.5, 0.6) is 0 Å². The Bertz CT molecular complexity index is 598. The lowest BCUT2D eigenvalue weighted by molar-refractivity contribution is 0.0348.